The van der Waals surface area contributed by atoms with Crippen LogP contribution in [0.4, 0.5) is 16.5 Å². The number of fused-ring (bicyclic) bond motifs is 1. The fourth-order valence-electron chi connectivity index (χ4n) is 3.01. The standard InChI is InChI=1S/C22H19N3OS/c1-14-6-5-7-15(2)20(14)25-21(26)19-13-23-22(27-19)24-18-11-10-16-8-3-4-9-17(16)12-18/h3-13H,1-2H3,(H,23,24)(H,25,26). The fraction of sp³-hybridized carbons (Fsp3) is 0.0909. The number of rotatable bonds is 4. The number of carbonyl (C=O) groups excluding carboxylic acids is 1. The Morgan fingerprint density at radius 1 is 0.926 bits per heavy atom. The zero-order valence-electron chi connectivity index (χ0n) is 15.1. The normalized spacial score (nSPS) is 10.7. The zero-order valence-corrected chi connectivity index (χ0v) is 15.9. The van der Waals surface area contributed by atoms with E-state index in [-0.39, 0.29) is 5.91 Å². The second-order valence-corrected chi connectivity index (χ2v) is 7.47. The SMILES string of the molecule is Cc1cccc(C)c1NC(=O)c1cnc(Nc2ccc3ccccc3c2)s1. The van der Waals surface area contributed by atoms with Gasteiger partial charge in [-0.25, -0.2) is 4.98 Å². The summed E-state index contributed by atoms with van der Waals surface area (Å²) in [7, 11) is 0. The quantitative estimate of drug-likeness (QED) is 0.468. The van der Waals surface area contributed by atoms with E-state index in [9.17, 15) is 4.79 Å². The van der Waals surface area contributed by atoms with Gasteiger partial charge < -0.3 is 10.6 Å². The first-order chi connectivity index (χ1) is 13.1. The third kappa shape index (κ3) is 3.68. The second-order valence-electron chi connectivity index (χ2n) is 6.44. The molecule has 0 aliphatic heterocycles. The summed E-state index contributed by atoms with van der Waals surface area (Å²) in [5, 5.41) is 9.33. The van der Waals surface area contributed by atoms with Crippen LogP contribution in [0.1, 0.15) is 20.8 Å². The Labute approximate surface area is 161 Å². The van der Waals surface area contributed by atoms with E-state index < -0.39 is 0 Å². The van der Waals surface area contributed by atoms with Crippen molar-refractivity contribution in [1.82, 2.24) is 4.98 Å². The minimum Gasteiger partial charge on any atom is -0.332 e. The van der Waals surface area contributed by atoms with E-state index in [0.717, 1.165) is 27.9 Å². The number of nitrogens with one attached hydrogen (secondary N) is 2. The van der Waals surface area contributed by atoms with Crippen molar-refractivity contribution in [3.8, 4) is 0 Å². The van der Waals surface area contributed by atoms with Crippen molar-refractivity contribution in [3.63, 3.8) is 0 Å². The summed E-state index contributed by atoms with van der Waals surface area (Å²) >= 11 is 1.34. The van der Waals surface area contributed by atoms with Gasteiger partial charge in [0.2, 0.25) is 0 Å². The molecule has 0 saturated heterocycles. The van der Waals surface area contributed by atoms with Gasteiger partial charge in [-0.1, -0.05) is 59.9 Å². The predicted octanol–water partition coefficient (Wildman–Crippen LogP) is 5.91. The molecule has 2 N–H and O–H groups in total. The molecule has 0 aliphatic rings. The molecule has 1 heterocycles. The summed E-state index contributed by atoms with van der Waals surface area (Å²) in [6, 6.07) is 20.3. The van der Waals surface area contributed by atoms with E-state index in [4.69, 9.17) is 0 Å². The minimum atomic E-state index is -0.142. The number of hydrogen-bond acceptors (Lipinski definition) is 4. The number of thiazole rings is 1. The molecular weight excluding hydrogens is 354 g/mol. The Hall–Kier alpha value is -3.18. The lowest BCUT2D eigenvalue weighted by molar-refractivity contribution is 0.103. The maximum absolute atomic E-state index is 12.6. The molecule has 0 radical (unpaired) electrons. The highest BCUT2D eigenvalue weighted by molar-refractivity contribution is 7.17. The third-order valence-electron chi connectivity index (χ3n) is 4.45. The molecular formula is C22H19N3OS. The van der Waals surface area contributed by atoms with Crippen molar-refractivity contribution >= 4 is 44.5 Å². The van der Waals surface area contributed by atoms with Crippen molar-refractivity contribution in [2.24, 2.45) is 0 Å². The van der Waals surface area contributed by atoms with Gasteiger partial charge in [0, 0.05) is 11.4 Å². The molecule has 1 amide bonds. The van der Waals surface area contributed by atoms with Gasteiger partial charge in [-0.15, -0.1) is 0 Å². The van der Waals surface area contributed by atoms with Crippen LogP contribution in [0.3, 0.4) is 0 Å². The maximum Gasteiger partial charge on any atom is 0.267 e. The number of aryl methyl sites for hydroxylation is 2. The molecule has 134 valence electrons. The predicted molar refractivity (Wildman–Crippen MR) is 113 cm³/mol. The van der Waals surface area contributed by atoms with Gasteiger partial charge in [0.25, 0.3) is 5.91 Å². The molecule has 4 aromatic rings. The van der Waals surface area contributed by atoms with E-state index in [0.29, 0.717) is 10.0 Å². The van der Waals surface area contributed by atoms with Gasteiger partial charge in [-0.05, 0) is 47.9 Å². The summed E-state index contributed by atoms with van der Waals surface area (Å²) in [5.74, 6) is -0.142. The molecule has 0 spiro atoms. The number of para-hydroxylation sites is 1. The monoisotopic (exact) mass is 373 g/mol. The van der Waals surface area contributed by atoms with Crippen molar-refractivity contribution in [3.05, 3.63) is 82.9 Å². The molecule has 0 fully saturated rings. The van der Waals surface area contributed by atoms with Crippen LogP contribution in [0.2, 0.25) is 0 Å². The van der Waals surface area contributed by atoms with Gasteiger partial charge >= 0.3 is 0 Å². The van der Waals surface area contributed by atoms with Gasteiger partial charge in [0.1, 0.15) is 4.88 Å². The summed E-state index contributed by atoms with van der Waals surface area (Å²) in [6.07, 6.45) is 1.61. The third-order valence-corrected chi connectivity index (χ3v) is 5.36. The van der Waals surface area contributed by atoms with E-state index >= 15 is 0 Å². The summed E-state index contributed by atoms with van der Waals surface area (Å²) in [5.41, 5.74) is 3.90. The Balaban J connectivity index is 1.51. The largest absolute Gasteiger partial charge is 0.332 e. The topological polar surface area (TPSA) is 54.0 Å². The molecule has 0 atom stereocenters. The van der Waals surface area contributed by atoms with Crippen molar-refractivity contribution in [2.75, 3.05) is 10.6 Å². The van der Waals surface area contributed by atoms with E-state index in [1.807, 2.05) is 50.2 Å². The summed E-state index contributed by atoms with van der Waals surface area (Å²) < 4.78 is 0. The van der Waals surface area contributed by atoms with E-state index in [1.54, 1.807) is 6.20 Å². The maximum atomic E-state index is 12.6. The Bertz CT molecular complexity index is 1110. The average molecular weight is 373 g/mol. The van der Waals surface area contributed by atoms with Crippen molar-refractivity contribution in [2.45, 2.75) is 13.8 Å². The van der Waals surface area contributed by atoms with E-state index in [2.05, 4.69) is 39.9 Å². The number of aromatic nitrogens is 1. The molecule has 5 heteroatoms. The summed E-state index contributed by atoms with van der Waals surface area (Å²) in [6.45, 7) is 3.98. The highest BCUT2D eigenvalue weighted by atomic mass is 32.1. The number of hydrogen-bond donors (Lipinski definition) is 2. The van der Waals surface area contributed by atoms with Crippen LogP contribution in [0.15, 0.2) is 66.9 Å². The van der Waals surface area contributed by atoms with Gasteiger partial charge in [-0.3, -0.25) is 4.79 Å². The molecule has 27 heavy (non-hydrogen) atoms. The number of benzene rings is 3. The Morgan fingerprint density at radius 3 is 2.44 bits per heavy atom. The van der Waals surface area contributed by atoms with Crippen LogP contribution in [0.25, 0.3) is 10.8 Å². The first-order valence-corrected chi connectivity index (χ1v) is 9.51. The van der Waals surface area contributed by atoms with Crippen LogP contribution in [0.5, 0.6) is 0 Å². The van der Waals surface area contributed by atoms with E-state index in [1.165, 1.54) is 16.7 Å². The summed E-state index contributed by atoms with van der Waals surface area (Å²) in [4.78, 5) is 17.5. The van der Waals surface area contributed by atoms with Gasteiger partial charge in [0.05, 0.1) is 6.20 Å². The van der Waals surface area contributed by atoms with Crippen LogP contribution >= 0.6 is 11.3 Å². The lowest BCUT2D eigenvalue weighted by atomic mass is 10.1. The average Bonchev–Trinajstić information content (AvgIpc) is 3.13. The molecule has 4 nitrogen and oxygen atoms in total. The first-order valence-electron chi connectivity index (χ1n) is 8.69. The molecule has 0 unspecified atom stereocenters. The molecule has 4 rings (SSSR count). The lowest BCUT2D eigenvalue weighted by Gasteiger charge is -2.10. The second kappa shape index (κ2) is 7.21. The lowest BCUT2D eigenvalue weighted by Crippen LogP contribution is -2.12. The zero-order chi connectivity index (χ0) is 18.8. The van der Waals surface area contributed by atoms with Crippen molar-refractivity contribution in [1.29, 1.82) is 0 Å². The molecule has 0 saturated carbocycles. The molecule has 0 aliphatic carbocycles. The van der Waals surface area contributed by atoms with Crippen LogP contribution in [-0.4, -0.2) is 10.9 Å². The number of nitrogens with zero attached hydrogens (tertiary/aromatic N) is 1. The molecule has 3 aromatic carbocycles. The Morgan fingerprint density at radius 2 is 1.67 bits per heavy atom. The van der Waals surface area contributed by atoms with Crippen molar-refractivity contribution < 1.29 is 4.79 Å². The number of amides is 1. The molecule has 1 aromatic heterocycles. The highest BCUT2D eigenvalue weighted by Crippen LogP contribution is 2.27. The van der Waals surface area contributed by atoms with Gasteiger partial charge in [-0.2, -0.15) is 0 Å². The molecule has 0 bridgehead atoms. The van der Waals surface area contributed by atoms with Gasteiger partial charge in [0.15, 0.2) is 5.13 Å². The smallest absolute Gasteiger partial charge is 0.267 e. The van der Waals surface area contributed by atoms with Crippen LogP contribution in [0, 0.1) is 13.8 Å². The highest BCUT2D eigenvalue weighted by Gasteiger charge is 2.13. The minimum absolute atomic E-state index is 0.142. The van der Waals surface area contributed by atoms with Crippen LogP contribution < -0.4 is 10.6 Å². The fourth-order valence-corrected chi connectivity index (χ4v) is 3.75. The first kappa shape index (κ1) is 17.2. The number of anilines is 3. The Kier molecular flexibility index (Phi) is 4.60. The van der Waals surface area contributed by atoms with Crippen LogP contribution in [-0.2, 0) is 0 Å². The number of carbonyl (C=O) groups is 1.